The molecule has 3 fully saturated rings. The van der Waals surface area contributed by atoms with Crippen LogP contribution in [-0.4, -0.2) is 75.9 Å². The summed E-state index contributed by atoms with van der Waals surface area (Å²) in [4.78, 5) is 13.2. The number of ether oxygens (including phenoxy) is 6. The number of nitrogens with one attached hydrogen (secondary N) is 2. The largest absolute Gasteiger partial charge is 0.460 e. The highest BCUT2D eigenvalue weighted by molar-refractivity contribution is 5.36. The van der Waals surface area contributed by atoms with E-state index in [1.54, 1.807) is 0 Å². The van der Waals surface area contributed by atoms with Crippen LogP contribution in [0.2, 0.25) is 0 Å². The standard InChI is InChI=1S/C21H35N5O6/c1-10(2)22-17-24-18(23-11(3)4)26-19(25-17)27-9-12-13-14(30-20(5,6)29-13)15-16(28-12)32-21(7,8)31-15/h10-16H,9H2,1-8H3,(H2,22,23,24,25,26)/t12-,13+,14+,15-,16-/m1/s1. The van der Waals surface area contributed by atoms with Gasteiger partial charge in [-0.1, -0.05) is 0 Å². The molecule has 0 saturated carbocycles. The Morgan fingerprint density at radius 3 is 1.91 bits per heavy atom. The minimum atomic E-state index is -0.769. The second kappa shape index (κ2) is 8.53. The van der Waals surface area contributed by atoms with Crippen LogP contribution in [0.25, 0.3) is 0 Å². The van der Waals surface area contributed by atoms with Crippen molar-refractivity contribution in [3.63, 3.8) is 0 Å². The van der Waals surface area contributed by atoms with Crippen LogP contribution in [-0.2, 0) is 23.7 Å². The van der Waals surface area contributed by atoms with Crippen LogP contribution in [0.15, 0.2) is 0 Å². The van der Waals surface area contributed by atoms with Crippen molar-refractivity contribution < 1.29 is 28.4 Å². The van der Waals surface area contributed by atoms with Crippen molar-refractivity contribution in [1.29, 1.82) is 0 Å². The first-order valence-corrected chi connectivity index (χ1v) is 11.2. The molecule has 11 nitrogen and oxygen atoms in total. The minimum absolute atomic E-state index is 0.153. The second-order valence-corrected chi connectivity index (χ2v) is 9.88. The van der Waals surface area contributed by atoms with Gasteiger partial charge in [-0.15, -0.1) is 0 Å². The molecule has 1 aromatic heterocycles. The molecular weight excluding hydrogens is 418 g/mol. The van der Waals surface area contributed by atoms with E-state index in [9.17, 15) is 0 Å². The van der Waals surface area contributed by atoms with Gasteiger partial charge in [0.1, 0.15) is 31.0 Å². The quantitative estimate of drug-likeness (QED) is 0.633. The van der Waals surface area contributed by atoms with Crippen LogP contribution in [0.1, 0.15) is 55.4 Å². The van der Waals surface area contributed by atoms with Crippen molar-refractivity contribution in [3.05, 3.63) is 0 Å². The van der Waals surface area contributed by atoms with Crippen molar-refractivity contribution in [2.24, 2.45) is 0 Å². The second-order valence-electron chi connectivity index (χ2n) is 9.88. The molecule has 3 aliphatic rings. The molecule has 32 heavy (non-hydrogen) atoms. The zero-order chi connectivity index (χ0) is 23.3. The number of rotatable bonds is 7. The lowest BCUT2D eigenvalue weighted by Crippen LogP contribution is -2.56. The Morgan fingerprint density at radius 2 is 1.31 bits per heavy atom. The van der Waals surface area contributed by atoms with Crippen molar-refractivity contribution in [1.82, 2.24) is 15.0 Å². The number of aromatic nitrogens is 3. The van der Waals surface area contributed by atoms with Gasteiger partial charge in [0.2, 0.25) is 11.9 Å². The lowest BCUT2D eigenvalue weighted by Gasteiger charge is -2.36. The number of hydrogen-bond donors (Lipinski definition) is 2. The van der Waals surface area contributed by atoms with Crippen LogP contribution in [0.4, 0.5) is 11.9 Å². The van der Waals surface area contributed by atoms with Gasteiger partial charge in [-0.25, -0.2) is 0 Å². The SMILES string of the molecule is CC(C)Nc1nc(NC(C)C)nc(OC[C@H]2O[C@@H]3OC(C)(C)O[C@@H]3[C@H]3OC(C)(C)O[C@H]32)n1. The maximum absolute atomic E-state index is 6.18. The van der Waals surface area contributed by atoms with Gasteiger partial charge in [-0.2, -0.15) is 15.0 Å². The van der Waals surface area contributed by atoms with Gasteiger partial charge < -0.3 is 39.1 Å². The smallest absolute Gasteiger partial charge is 0.323 e. The van der Waals surface area contributed by atoms with E-state index in [4.69, 9.17) is 28.4 Å². The van der Waals surface area contributed by atoms with Crippen molar-refractivity contribution >= 4 is 11.9 Å². The highest BCUT2D eigenvalue weighted by Gasteiger charge is 2.60. The summed E-state index contributed by atoms with van der Waals surface area (Å²) in [6, 6.07) is 0.506. The summed E-state index contributed by atoms with van der Waals surface area (Å²) in [5.41, 5.74) is 0. The number of hydrogen-bond acceptors (Lipinski definition) is 11. The molecule has 0 unspecified atom stereocenters. The average Bonchev–Trinajstić information content (AvgIpc) is 3.12. The third kappa shape index (κ3) is 5.23. The first-order chi connectivity index (χ1) is 14.9. The van der Waals surface area contributed by atoms with Gasteiger partial charge >= 0.3 is 6.01 Å². The van der Waals surface area contributed by atoms with E-state index in [-0.39, 0.29) is 43.0 Å². The Morgan fingerprint density at radius 1 is 0.781 bits per heavy atom. The summed E-state index contributed by atoms with van der Waals surface area (Å²) >= 11 is 0. The summed E-state index contributed by atoms with van der Waals surface area (Å²) in [7, 11) is 0. The molecule has 0 radical (unpaired) electrons. The van der Waals surface area contributed by atoms with Crippen LogP contribution >= 0.6 is 0 Å². The number of anilines is 2. The third-order valence-electron chi connectivity index (χ3n) is 5.08. The Bertz CT molecular complexity index is 792. The van der Waals surface area contributed by atoms with E-state index in [0.29, 0.717) is 11.9 Å². The van der Waals surface area contributed by atoms with Crippen LogP contribution in [0.3, 0.4) is 0 Å². The Hall–Kier alpha value is -1.79. The molecule has 0 aliphatic carbocycles. The van der Waals surface area contributed by atoms with E-state index >= 15 is 0 Å². The molecule has 11 heteroatoms. The molecule has 0 aromatic carbocycles. The summed E-state index contributed by atoms with van der Waals surface area (Å²) in [6.45, 7) is 15.7. The van der Waals surface area contributed by atoms with Crippen molar-refractivity contribution in [3.8, 4) is 6.01 Å². The topological polar surface area (TPSA) is 118 Å². The van der Waals surface area contributed by atoms with E-state index < -0.39 is 24.0 Å². The molecule has 4 heterocycles. The molecule has 5 atom stereocenters. The number of fused-ring (bicyclic) bond motifs is 3. The zero-order valence-electron chi connectivity index (χ0n) is 20.0. The van der Waals surface area contributed by atoms with Gasteiger partial charge in [0, 0.05) is 12.1 Å². The minimum Gasteiger partial charge on any atom is -0.460 e. The summed E-state index contributed by atoms with van der Waals surface area (Å²) in [6.07, 6.45) is -2.14. The van der Waals surface area contributed by atoms with Gasteiger partial charge in [-0.05, 0) is 55.4 Å². The third-order valence-corrected chi connectivity index (χ3v) is 5.08. The lowest BCUT2D eigenvalue weighted by molar-refractivity contribution is -0.238. The normalized spacial score (nSPS) is 32.6. The van der Waals surface area contributed by atoms with Crippen molar-refractivity contribution in [2.45, 2.75) is 110 Å². The lowest BCUT2D eigenvalue weighted by atomic mass is 9.99. The molecule has 4 rings (SSSR count). The fourth-order valence-corrected chi connectivity index (χ4v) is 4.05. The molecule has 0 bridgehead atoms. The highest BCUT2D eigenvalue weighted by Crippen LogP contribution is 2.44. The fraction of sp³-hybridized carbons (Fsp3) is 0.857. The molecule has 3 aliphatic heterocycles. The van der Waals surface area contributed by atoms with Crippen molar-refractivity contribution in [2.75, 3.05) is 17.2 Å². The molecule has 2 N–H and O–H groups in total. The Kier molecular flexibility index (Phi) is 6.23. The molecule has 0 spiro atoms. The van der Waals surface area contributed by atoms with E-state index in [1.807, 2.05) is 55.4 Å². The fourth-order valence-electron chi connectivity index (χ4n) is 4.05. The van der Waals surface area contributed by atoms with Crippen LogP contribution in [0, 0.1) is 0 Å². The molecular formula is C21H35N5O6. The van der Waals surface area contributed by atoms with Gasteiger partial charge in [0.15, 0.2) is 17.9 Å². The molecule has 180 valence electrons. The molecule has 1 aromatic rings. The van der Waals surface area contributed by atoms with E-state index in [0.717, 1.165) is 0 Å². The Balaban J connectivity index is 1.51. The van der Waals surface area contributed by atoms with Crippen LogP contribution < -0.4 is 15.4 Å². The average molecular weight is 454 g/mol. The molecule has 0 amide bonds. The van der Waals surface area contributed by atoms with Gasteiger partial charge in [-0.3, -0.25) is 0 Å². The predicted molar refractivity (Wildman–Crippen MR) is 115 cm³/mol. The molecule has 3 saturated heterocycles. The zero-order valence-corrected chi connectivity index (χ0v) is 20.0. The monoisotopic (exact) mass is 453 g/mol. The van der Waals surface area contributed by atoms with Gasteiger partial charge in [0.25, 0.3) is 0 Å². The predicted octanol–water partition coefficient (Wildman–Crippen LogP) is 2.29. The maximum atomic E-state index is 6.18. The first kappa shape index (κ1) is 23.4. The van der Waals surface area contributed by atoms with Crippen LogP contribution in [0.5, 0.6) is 6.01 Å². The summed E-state index contributed by atoms with van der Waals surface area (Å²) < 4.78 is 36.4. The Labute approximate surface area is 188 Å². The summed E-state index contributed by atoms with van der Waals surface area (Å²) in [5, 5.41) is 6.38. The highest BCUT2D eigenvalue weighted by atomic mass is 16.9. The first-order valence-electron chi connectivity index (χ1n) is 11.2. The maximum Gasteiger partial charge on any atom is 0.323 e. The van der Waals surface area contributed by atoms with Gasteiger partial charge in [0.05, 0.1) is 0 Å². The summed E-state index contributed by atoms with van der Waals surface area (Å²) in [5.74, 6) is -0.662. The van der Waals surface area contributed by atoms with E-state index in [1.165, 1.54) is 0 Å². The van der Waals surface area contributed by atoms with E-state index in [2.05, 4.69) is 25.6 Å². The number of nitrogens with zero attached hydrogens (tertiary/aromatic N) is 3.